The van der Waals surface area contributed by atoms with Crippen molar-refractivity contribution in [2.75, 3.05) is 33.1 Å². The third kappa shape index (κ3) is 7.89. The Morgan fingerprint density at radius 2 is 1.78 bits per heavy atom. The van der Waals surface area contributed by atoms with Gasteiger partial charge in [-0.05, 0) is 80.5 Å². The second-order valence-corrected chi connectivity index (χ2v) is 14.9. The van der Waals surface area contributed by atoms with E-state index in [1.54, 1.807) is 0 Å². The molecule has 5 unspecified atom stereocenters. The molecular formula is C40H50N2O8. The van der Waals surface area contributed by atoms with Gasteiger partial charge >= 0.3 is 6.09 Å². The number of amides is 1. The highest BCUT2D eigenvalue weighted by Crippen LogP contribution is 2.39. The number of nitrogens with zero attached hydrogens (tertiary/aromatic N) is 2. The van der Waals surface area contributed by atoms with Gasteiger partial charge in [-0.1, -0.05) is 61.9 Å². The van der Waals surface area contributed by atoms with E-state index < -0.39 is 5.72 Å². The van der Waals surface area contributed by atoms with Crippen LogP contribution in [0.1, 0.15) is 56.4 Å². The summed E-state index contributed by atoms with van der Waals surface area (Å²) in [6.07, 6.45) is 0.108. The Kier molecular flexibility index (Phi) is 10.2. The SMILES string of the molecule is Cc1cccc(COc2ccc(CC3C(CN(Cc4ccc5c(c4)OCO5)CC(C)C)OC(C)(C)N3C(=O)OC3COC4OCCC34)cc2)c1. The van der Waals surface area contributed by atoms with Crippen LogP contribution in [-0.4, -0.2) is 79.3 Å². The zero-order valence-electron chi connectivity index (χ0n) is 29.8. The number of benzene rings is 3. The van der Waals surface area contributed by atoms with Crippen LogP contribution in [0, 0.1) is 18.8 Å². The first kappa shape index (κ1) is 34.6. The Morgan fingerprint density at radius 3 is 2.58 bits per heavy atom. The van der Waals surface area contributed by atoms with Crippen molar-refractivity contribution in [3.05, 3.63) is 89.0 Å². The van der Waals surface area contributed by atoms with Crippen LogP contribution in [0.2, 0.25) is 0 Å². The first-order valence-corrected chi connectivity index (χ1v) is 17.9. The van der Waals surface area contributed by atoms with E-state index in [4.69, 9.17) is 33.2 Å². The van der Waals surface area contributed by atoms with Crippen molar-refractivity contribution >= 4 is 6.09 Å². The summed E-state index contributed by atoms with van der Waals surface area (Å²) in [5.41, 5.74) is 3.67. The van der Waals surface area contributed by atoms with E-state index in [1.807, 2.05) is 43.0 Å². The average Bonchev–Trinajstić information content (AvgIpc) is 3.85. The Hall–Kier alpha value is -3.83. The molecule has 1 amide bonds. The van der Waals surface area contributed by atoms with Gasteiger partial charge in [0.1, 0.15) is 24.2 Å². The fourth-order valence-electron chi connectivity index (χ4n) is 7.75. The average molecular weight is 687 g/mol. The van der Waals surface area contributed by atoms with E-state index in [9.17, 15) is 4.79 Å². The van der Waals surface area contributed by atoms with Crippen LogP contribution in [0.5, 0.6) is 17.2 Å². The van der Waals surface area contributed by atoms with E-state index >= 15 is 0 Å². The number of ether oxygens (including phenoxy) is 7. The van der Waals surface area contributed by atoms with Gasteiger partial charge in [-0.15, -0.1) is 0 Å². The fraction of sp³-hybridized carbons (Fsp3) is 0.525. The molecule has 0 aliphatic carbocycles. The Bertz CT molecular complexity index is 1630. The fourth-order valence-corrected chi connectivity index (χ4v) is 7.75. The highest BCUT2D eigenvalue weighted by atomic mass is 16.7. The Balaban J connectivity index is 1.11. The van der Waals surface area contributed by atoms with E-state index in [-0.39, 0.29) is 43.3 Å². The second kappa shape index (κ2) is 14.8. The number of hydrogen-bond acceptors (Lipinski definition) is 9. The van der Waals surface area contributed by atoms with Gasteiger partial charge in [-0.2, -0.15) is 0 Å². The topological polar surface area (TPSA) is 88.2 Å². The van der Waals surface area contributed by atoms with Gasteiger partial charge in [-0.25, -0.2) is 4.79 Å². The molecule has 268 valence electrons. The molecule has 0 radical (unpaired) electrons. The molecule has 4 aliphatic rings. The van der Waals surface area contributed by atoms with Crippen LogP contribution in [0.4, 0.5) is 4.79 Å². The minimum Gasteiger partial charge on any atom is -0.489 e. The summed E-state index contributed by atoms with van der Waals surface area (Å²) >= 11 is 0. The molecule has 0 saturated carbocycles. The quantitative estimate of drug-likeness (QED) is 0.206. The molecule has 3 fully saturated rings. The zero-order valence-corrected chi connectivity index (χ0v) is 29.8. The lowest BCUT2D eigenvalue weighted by molar-refractivity contribution is -0.0912. The molecule has 4 aliphatic heterocycles. The van der Waals surface area contributed by atoms with E-state index in [2.05, 4.69) is 68.1 Å². The lowest BCUT2D eigenvalue weighted by Gasteiger charge is -2.34. The van der Waals surface area contributed by atoms with Gasteiger partial charge in [0.2, 0.25) is 6.79 Å². The molecule has 10 nitrogen and oxygen atoms in total. The van der Waals surface area contributed by atoms with Crippen molar-refractivity contribution in [1.82, 2.24) is 9.80 Å². The van der Waals surface area contributed by atoms with E-state index in [0.717, 1.165) is 46.9 Å². The molecule has 3 saturated heterocycles. The predicted molar refractivity (Wildman–Crippen MR) is 187 cm³/mol. The highest BCUT2D eigenvalue weighted by Gasteiger charge is 2.52. The van der Waals surface area contributed by atoms with Crippen LogP contribution in [0.3, 0.4) is 0 Å². The molecule has 0 aromatic heterocycles. The number of aryl methyl sites for hydroxylation is 1. The maximum absolute atomic E-state index is 14.2. The highest BCUT2D eigenvalue weighted by molar-refractivity contribution is 5.70. The normalized spacial score (nSPS) is 25.0. The molecule has 5 atom stereocenters. The predicted octanol–water partition coefficient (Wildman–Crippen LogP) is 6.71. The Morgan fingerprint density at radius 1 is 0.980 bits per heavy atom. The molecule has 0 spiro atoms. The van der Waals surface area contributed by atoms with Crippen molar-refractivity contribution < 1.29 is 38.0 Å². The minimum atomic E-state index is -0.892. The van der Waals surface area contributed by atoms with Gasteiger partial charge in [0.05, 0.1) is 31.3 Å². The maximum atomic E-state index is 14.2. The van der Waals surface area contributed by atoms with Crippen molar-refractivity contribution in [2.24, 2.45) is 11.8 Å². The number of carbonyl (C=O) groups is 1. The Labute approximate surface area is 295 Å². The summed E-state index contributed by atoms with van der Waals surface area (Å²) in [7, 11) is 0. The van der Waals surface area contributed by atoms with Crippen molar-refractivity contribution in [1.29, 1.82) is 0 Å². The summed E-state index contributed by atoms with van der Waals surface area (Å²) < 4.78 is 41.9. The summed E-state index contributed by atoms with van der Waals surface area (Å²) in [6.45, 7) is 14.4. The van der Waals surface area contributed by atoms with Crippen molar-refractivity contribution in [3.63, 3.8) is 0 Å². The summed E-state index contributed by atoms with van der Waals surface area (Å²) in [5, 5.41) is 0. The molecule has 10 heteroatoms. The number of hydrogen-bond donors (Lipinski definition) is 0. The zero-order chi connectivity index (χ0) is 34.8. The van der Waals surface area contributed by atoms with E-state index in [1.165, 1.54) is 5.56 Å². The van der Waals surface area contributed by atoms with Crippen LogP contribution in [0.15, 0.2) is 66.7 Å². The summed E-state index contributed by atoms with van der Waals surface area (Å²) in [4.78, 5) is 18.4. The van der Waals surface area contributed by atoms with Crippen LogP contribution < -0.4 is 14.2 Å². The number of carbonyl (C=O) groups excluding carboxylic acids is 1. The third-order valence-electron chi connectivity index (χ3n) is 9.98. The second-order valence-electron chi connectivity index (χ2n) is 14.9. The van der Waals surface area contributed by atoms with Crippen LogP contribution in [0.25, 0.3) is 0 Å². The van der Waals surface area contributed by atoms with Crippen LogP contribution in [-0.2, 0) is 38.5 Å². The maximum Gasteiger partial charge on any atom is 0.412 e. The number of rotatable bonds is 12. The molecular weight excluding hydrogens is 636 g/mol. The van der Waals surface area contributed by atoms with Gasteiger partial charge in [0.25, 0.3) is 0 Å². The first-order valence-electron chi connectivity index (χ1n) is 17.9. The lowest BCUT2D eigenvalue weighted by Crippen LogP contribution is -2.51. The third-order valence-corrected chi connectivity index (χ3v) is 9.98. The summed E-state index contributed by atoms with van der Waals surface area (Å²) in [5.74, 6) is 2.82. The first-order chi connectivity index (χ1) is 24.1. The molecule has 50 heavy (non-hydrogen) atoms. The number of fused-ring (bicyclic) bond motifs is 2. The standard InChI is InChI=1S/C40H50N2O8/c1-26(2)20-41(21-29-11-14-34-35(19-29)48-25-47-34)22-36-33(18-28-9-12-31(13-10-28)45-23-30-8-6-7-27(3)17-30)42(40(4,5)50-36)39(43)49-37-24-46-38-32(37)15-16-44-38/h6-14,17,19,26,32-33,36-38H,15-16,18,20-25H2,1-5H3. The lowest BCUT2D eigenvalue weighted by atomic mass is 9.99. The summed E-state index contributed by atoms with van der Waals surface area (Å²) in [6, 6.07) is 22.4. The van der Waals surface area contributed by atoms with Gasteiger partial charge in [0.15, 0.2) is 17.8 Å². The van der Waals surface area contributed by atoms with Gasteiger partial charge in [-0.3, -0.25) is 9.80 Å². The van der Waals surface area contributed by atoms with Crippen LogP contribution >= 0.6 is 0 Å². The monoisotopic (exact) mass is 686 g/mol. The molecule has 7 rings (SSSR count). The van der Waals surface area contributed by atoms with Gasteiger partial charge in [0, 0.05) is 19.6 Å². The molecule has 3 aromatic rings. The molecule has 0 bridgehead atoms. The molecule has 4 heterocycles. The van der Waals surface area contributed by atoms with E-state index in [0.29, 0.717) is 45.2 Å². The molecule has 3 aromatic carbocycles. The van der Waals surface area contributed by atoms with Gasteiger partial charge < -0.3 is 33.2 Å². The molecule has 0 N–H and O–H groups in total. The minimum absolute atomic E-state index is 0.0513. The smallest absolute Gasteiger partial charge is 0.412 e. The van der Waals surface area contributed by atoms with Crippen molar-refractivity contribution in [2.45, 2.75) is 90.9 Å². The van der Waals surface area contributed by atoms with Crippen molar-refractivity contribution in [3.8, 4) is 17.2 Å². The largest absolute Gasteiger partial charge is 0.489 e.